The minimum Gasteiger partial charge on any atom is -0.508 e. The first-order valence-electron chi connectivity index (χ1n) is 10.00. The van der Waals surface area contributed by atoms with E-state index in [9.17, 15) is 15.0 Å². The number of phenolic OH excluding ortho intramolecular Hbond substituents is 2. The van der Waals surface area contributed by atoms with Crippen LogP contribution in [0.25, 0.3) is 34.2 Å². The molecule has 0 fully saturated rings. The van der Waals surface area contributed by atoms with E-state index in [0.29, 0.717) is 17.1 Å². The van der Waals surface area contributed by atoms with Crippen molar-refractivity contribution in [3.05, 3.63) is 58.0 Å². The second-order valence-corrected chi connectivity index (χ2v) is 8.98. The molecule has 5 rings (SSSR count). The van der Waals surface area contributed by atoms with Gasteiger partial charge < -0.3 is 24.1 Å². The Bertz CT molecular complexity index is 1370. The maximum Gasteiger partial charge on any atom is 0.204 e. The molecule has 2 aromatic carbocycles. The Balaban J connectivity index is 1.83. The van der Waals surface area contributed by atoms with Crippen LogP contribution in [0.3, 0.4) is 0 Å². The zero-order valence-electron chi connectivity index (χ0n) is 17.6. The lowest BCUT2D eigenvalue weighted by molar-refractivity contribution is 0.146. The standard InChI is InChI=1S/C25H22O6/c1-24(2)7-5-13-9-16(23-15(22(13)30-24)6-8-25(3,4)31-23)17-12-29-19-11-14(26)10-18(27)20(19)21(17)28/h5-12,26-27H,1-4H3. The molecule has 158 valence electrons. The molecule has 6 nitrogen and oxygen atoms in total. The van der Waals surface area contributed by atoms with Crippen molar-refractivity contribution in [1.29, 1.82) is 0 Å². The van der Waals surface area contributed by atoms with Crippen molar-refractivity contribution in [2.75, 3.05) is 0 Å². The number of fused-ring (bicyclic) bond motifs is 4. The highest BCUT2D eigenvalue weighted by molar-refractivity contribution is 5.91. The molecule has 0 saturated carbocycles. The largest absolute Gasteiger partial charge is 0.508 e. The van der Waals surface area contributed by atoms with Gasteiger partial charge in [0.25, 0.3) is 0 Å². The van der Waals surface area contributed by atoms with Crippen LogP contribution in [0, 0.1) is 0 Å². The maximum atomic E-state index is 13.4. The SMILES string of the molecule is CC1(C)C=Cc2cc(-c3coc4cc(O)cc(O)c4c3=O)c3c(c2O1)C=CC(C)(C)O3. The molecule has 2 N–H and O–H groups in total. The summed E-state index contributed by atoms with van der Waals surface area (Å²) in [4.78, 5) is 13.4. The molecule has 2 aliphatic rings. The van der Waals surface area contributed by atoms with Gasteiger partial charge >= 0.3 is 0 Å². The van der Waals surface area contributed by atoms with Gasteiger partial charge in [0.2, 0.25) is 5.43 Å². The predicted octanol–water partition coefficient (Wildman–Crippen LogP) is 5.24. The third-order valence-corrected chi connectivity index (χ3v) is 5.47. The van der Waals surface area contributed by atoms with Crippen LogP contribution in [0.15, 0.2) is 45.8 Å². The lowest BCUT2D eigenvalue weighted by Gasteiger charge is -2.34. The second kappa shape index (κ2) is 6.17. The minimum atomic E-state index is -0.582. The molecule has 2 aliphatic heterocycles. The van der Waals surface area contributed by atoms with Crippen molar-refractivity contribution < 1.29 is 24.1 Å². The average Bonchev–Trinajstić information content (AvgIpc) is 2.66. The van der Waals surface area contributed by atoms with E-state index in [1.54, 1.807) is 0 Å². The molecule has 0 atom stereocenters. The molecule has 6 heteroatoms. The highest BCUT2D eigenvalue weighted by Gasteiger charge is 2.33. The van der Waals surface area contributed by atoms with E-state index in [4.69, 9.17) is 13.9 Å². The van der Waals surface area contributed by atoms with E-state index in [2.05, 4.69) is 0 Å². The maximum absolute atomic E-state index is 13.4. The van der Waals surface area contributed by atoms with Crippen LogP contribution in [0.4, 0.5) is 0 Å². The molecule has 0 spiro atoms. The first-order valence-corrected chi connectivity index (χ1v) is 10.00. The summed E-state index contributed by atoms with van der Waals surface area (Å²) >= 11 is 0. The van der Waals surface area contributed by atoms with E-state index in [0.717, 1.165) is 17.2 Å². The van der Waals surface area contributed by atoms with Crippen molar-refractivity contribution in [3.8, 4) is 34.1 Å². The average molecular weight is 418 g/mol. The topological polar surface area (TPSA) is 89.1 Å². The molecule has 0 saturated heterocycles. The van der Waals surface area contributed by atoms with Gasteiger partial charge in [-0.1, -0.05) is 6.08 Å². The fourth-order valence-electron chi connectivity index (χ4n) is 3.96. The zero-order chi connectivity index (χ0) is 22.1. The van der Waals surface area contributed by atoms with Gasteiger partial charge in [-0.05, 0) is 52.0 Å². The van der Waals surface area contributed by atoms with E-state index >= 15 is 0 Å². The van der Waals surface area contributed by atoms with Gasteiger partial charge in [-0.25, -0.2) is 0 Å². The summed E-state index contributed by atoms with van der Waals surface area (Å²) in [6, 6.07) is 4.25. The lowest BCUT2D eigenvalue weighted by atomic mass is 9.91. The van der Waals surface area contributed by atoms with E-state index < -0.39 is 16.6 Å². The highest BCUT2D eigenvalue weighted by atomic mass is 16.5. The summed E-state index contributed by atoms with van der Waals surface area (Å²) in [5.41, 5.74) is 0.982. The third-order valence-electron chi connectivity index (χ3n) is 5.47. The molecule has 0 aliphatic carbocycles. The normalized spacial score (nSPS) is 17.5. The third kappa shape index (κ3) is 3.06. The summed E-state index contributed by atoms with van der Waals surface area (Å²) in [6.07, 6.45) is 9.16. The molecule has 0 amide bonds. The van der Waals surface area contributed by atoms with Crippen molar-refractivity contribution >= 4 is 23.1 Å². The smallest absolute Gasteiger partial charge is 0.204 e. The number of ether oxygens (including phenoxy) is 2. The van der Waals surface area contributed by atoms with Gasteiger partial charge in [0.05, 0.1) is 11.1 Å². The highest BCUT2D eigenvalue weighted by Crippen LogP contribution is 2.48. The van der Waals surface area contributed by atoms with Crippen LogP contribution in [-0.2, 0) is 0 Å². The van der Waals surface area contributed by atoms with Gasteiger partial charge in [-0.2, -0.15) is 0 Å². The molecular weight excluding hydrogens is 396 g/mol. The Morgan fingerprint density at radius 2 is 1.52 bits per heavy atom. The van der Waals surface area contributed by atoms with Crippen LogP contribution >= 0.6 is 0 Å². The van der Waals surface area contributed by atoms with E-state index in [1.165, 1.54) is 12.3 Å². The summed E-state index contributed by atoms with van der Waals surface area (Å²) in [5.74, 6) is 0.675. The van der Waals surface area contributed by atoms with Gasteiger partial charge in [-0.3, -0.25) is 4.79 Å². The number of phenols is 2. The van der Waals surface area contributed by atoms with Gasteiger partial charge in [0, 0.05) is 23.3 Å². The van der Waals surface area contributed by atoms with Crippen molar-refractivity contribution in [1.82, 2.24) is 0 Å². The Morgan fingerprint density at radius 1 is 0.839 bits per heavy atom. The van der Waals surface area contributed by atoms with Crippen LogP contribution in [0.5, 0.6) is 23.0 Å². The molecular formula is C25H22O6. The first kappa shape index (κ1) is 19.3. The zero-order valence-corrected chi connectivity index (χ0v) is 17.6. The predicted molar refractivity (Wildman–Crippen MR) is 119 cm³/mol. The first-order chi connectivity index (χ1) is 14.5. The molecule has 0 bridgehead atoms. The molecule has 3 aromatic rings. The number of hydrogen-bond acceptors (Lipinski definition) is 6. The summed E-state index contributed by atoms with van der Waals surface area (Å²) < 4.78 is 18.1. The summed E-state index contributed by atoms with van der Waals surface area (Å²) in [5, 5.41) is 20.0. The molecule has 0 radical (unpaired) electrons. The second-order valence-electron chi connectivity index (χ2n) is 8.98. The number of benzene rings is 2. The number of aromatic hydroxyl groups is 2. The van der Waals surface area contributed by atoms with Crippen molar-refractivity contribution in [2.24, 2.45) is 0 Å². The monoisotopic (exact) mass is 418 g/mol. The van der Waals surface area contributed by atoms with Crippen LogP contribution < -0.4 is 14.9 Å². The van der Waals surface area contributed by atoms with Crippen LogP contribution in [0.2, 0.25) is 0 Å². The van der Waals surface area contributed by atoms with Crippen molar-refractivity contribution in [2.45, 2.75) is 38.9 Å². The number of rotatable bonds is 1. The summed E-state index contributed by atoms with van der Waals surface area (Å²) in [6.45, 7) is 7.80. The molecule has 1 aromatic heterocycles. The Labute approximate surface area is 178 Å². The van der Waals surface area contributed by atoms with Crippen molar-refractivity contribution in [3.63, 3.8) is 0 Å². The van der Waals surface area contributed by atoms with E-state index in [1.807, 2.05) is 58.1 Å². The van der Waals surface area contributed by atoms with Gasteiger partial charge in [0.1, 0.15) is 51.4 Å². The van der Waals surface area contributed by atoms with Gasteiger partial charge in [-0.15, -0.1) is 0 Å². The van der Waals surface area contributed by atoms with Gasteiger partial charge in [0.15, 0.2) is 0 Å². The van der Waals surface area contributed by atoms with Crippen LogP contribution in [-0.4, -0.2) is 21.4 Å². The molecule has 0 unspecified atom stereocenters. The fraction of sp³-hybridized carbons (Fsp3) is 0.240. The quantitative estimate of drug-likeness (QED) is 0.562. The molecule has 3 heterocycles. The molecule has 31 heavy (non-hydrogen) atoms. The fourth-order valence-corrected chi connectivity index (χ4v) is 3.96. The number of hydrogen-bond donors (Lipinski definition) is 2. The van der Waals surface area contributed by atoms with Crippen LogP contribution in [0.1, 0.15) is 38.8 Å². The lowest BCUT2D eigenvalue weighted by Crippen LogP contribution is -2.31. The van der Waals surface area contributed by atoms with E-state index in [-0.39, 0.29) is 28.0 Å². The summed E-state index contributed by atoms with van der Waals surface area (Å²) in [7, 11) is 0. The minimum absolute atomic E-state index is 0.000285. The Hall–Kier alpha value is -3.67. The Kier molecular flexibility index (Phi) is 3.84. The Morgan fingerprint density at radius 3 is 2.26 bits per heavy atom.